The van der Waals surface area contributed by atoms with Gasteiger partial charge in [-0.2, -0.15) is 0 Å². The number of hydrogen-bond acceptors (Lipinski definition) is 5. The van der Waals surface area contributed by atoms with Crippen LogP contribution in [0.5, 0.6) is 0 Å². The van der Waals surface area contributed by atoms with E-state index in [-0.39, 0.29) is 10.6 Å². The number of carbonyl (C=O) groups excluding carboxylic acids is 2. The van der Waals surface area contributed by atoms with Crippen molar-refractivity contribution >= 4 is 51.1 Å². The minimum absolute atomic E-state index is 0.0474. The van der Waals surface area contributed by atoms with Gasteiger partial charge in [-0.1, -0.05) is 42.3 Å². The molecule has 0 atom stereocenters. The van der Waals surface area contributed by atoms with Gasteiger partial charge in [-0.25, -0.2) is 9.38 Å². The molecular weight excluding hydrogens is 484 g/mol. The average molecular weight is 509 g/mol. The summed E-state index contributed by atoms with van der Waals surface area (Å²) in [6.07, 6.45) is 1.44. The SMILES string of the molecule is CCCc1cc(=O)n2c(C(=O)Nc3cc(C)cc(C)c3)c(C(=O)Nc3ccc(Cl)cc3C)sc2n1. The summed E-state index contributed by atoms with van der Waals surface area (Å²) in [5.74, 6) is -1.07. The van der Waals surface area contributed by atoms with Crippen LogP contribution in [0.3, 0.4) is 0 Å². The van der Waals surface area contributed by atoms with Crippen LogP contribution in [0.2, 0.25) is 5.02 Å². The first-order chi connectivity index (χ1) is 16.7. The molecule has 35 heavy (non-hydrogen) atoms. The highest BCUT2D eigenvalue weighted by atomic mass is 35.5. The lowest BCUT2D eigenvalue weighted by Gasteiger charge is -2.11. The molecule has 2 aromatic heterocycles. The summed E-state index contributed by atoms with van der Waals surface area (Å²) in [5, 5.41) is 6.24. The monoisotopic (exact) mass is 508 g/mol. The summed E-state index contributed by atoms with van der Waals surface area (Å²) in [7, 11) is 0. The van der Waals surface area contributed by atoms with Gasteiger partial charge in [-0.3, -0.25) is 14.4 Å². The van der Waals surface area contributed by atoms with Crippen molar-refractivity contribution in [1.82, 2.24) is 9.38 Å². The zero-order valence-electron chi connectivity index (χ0n) is 19.9. The van der Waals surface area contributed by atoms with Gasteiger partial charge in [0.1, 0.15) is 10.6 Å². The van der Waals surface area contributed by atoms with Gasteiger partial charge in [0.25, 0.3) is 17.4 Å². The highest BCUT2D eigenvalue weighted by Gasteiger charge is 2.27. The highest BCUT2D eigenvalue weighted by molar-refractivity contribution is 7.19. The largest absolute Gasteiger partial charge is 0.321 e. The second-order valence-electron chi connectivity index (χ2n) is 8.48. The minimum Gasteiger partial charge on any atom is -0.321 e. The third-order valence-electron chi connectivity index (χ3n) is 5.42. The van der Waals surface area contributed by atoms with Crippen molar-refractivity contribution in [2.75, 3.05) is 10.6 Å². The van der Waals surface area contributed by atoms with Gasteiger partial charge in [-0.05, 0) is 74.2 Å². The van der Waals surface area contributed by atoms with E-state index in [4.69, 9.17) is 11.6 Å². The quantitative estimate of drug-likeness (QED) is 0.344. The molecule has 0 saturated heterocycles. The van der Waals surface area contributed by atoms with Gasteiger partial charge >= 0.3 is 0 Å². The van der Waals surface area contributed by atoms with Gasteiger partial charge in [0.05, 0.1) is 0 Å². The van der Waals surface area contributed by atoms with Gasteiger partial charge in [0, 0.05) is 28.2 Å². The Bertz CT molecular complexity index is 1500. The van der Waals surface area contributed by atoms with Crippen molar-refractivity contribution < 1.29 is 9.59 Å². The molecule has 2 amide bonds. The molecule has 0 spiro atoms. The first-order valence-electron chi connectivity index (χ1n) is 11.2. The molecule has 0 bridgehead atoms. The predicted octanol–water partition coefficient (Wildman–Crippen LogP) is 5.79. The van der Waals surface area contributed by atoms with Crippen LogP contribution in [0.1, 0.15) is 55.9 Å². The van der Waals surface area contributed by atoms with Gasteiger partial charge < -0.3 is 10.6 Å². The van der Waals surface area contributed by atoms with Crippen LogP contribution in [-0.4, -0.2) is 21.2 Å². The van der Waals surface area contributed by atoms with Crippen molar-refractivity contribution in [2.24, 2.45) is 0 Å². The number of amides is 2. The van der Waals surface area contributed by atoms with Crippen LogP contribution in [0.25, 0.3) is 4.96 Å². The van der Waals surface area contributed by atoms with E-state index in [1.54, 1.807) is 18.2 Å². The Morgan fingerprint density at radius 1 is 1.00 bits per heavy atom. The molecule has 4 aromatic rings. The number of carbonyl (C=O) groups is 2. The molecule has 0 aliphatic carbocycles. The summed E-state index contributed by atoms with van der Waals surface area (Å²) >= 11 is 7.05. The number of nitrogens with zero attached hydrogens (tertiary/aromatic N) is 2. The Balaban J connectivity index is 1.82. The molecule has 0 radical (unpaired) electrons. The molecule has 4 rings (SSSR count). The second-order valence-corrected chi connectivity index (χ2v) is 9.89. The molecule has 2 aromatic carbocycles. The number of nitrogens with one attached hydrogen (secondary N) is 2. The van der Waals surface area contributed by atoms with Gasteiger partial charge in [0.15, 0.2) is 4.96 Å². The molecule has 2 N–H and O–H groups in total. The number of anilines is 2. The van der Waals surface area contributed by atoms with E-state index < -0.39 is 17.4 Å². The summed E-state index contributed by atoms with van der Waals surface area (Å²) in [6.45, 7) is 7.68. The molecule has 0 unspecified atom stereocenters. The molecule has 9 heteroatoms. The summed E-state index contributed by atoms with van der Waals surface area (Å²) in [5.41, 5.74) is 4.05. The van der Waals surface area contributed by atoms with Crippen molar-refractivity contribution in [1.29, 1.82) is 0 Å². The lowest BCUT2D eigenvalue weighted by molar-refractivity contribution is 0.0989. The zero-order valence-corrected chi connectivity index (χ0v) is 21.4. The fraction of sp³-hybridized carbons (Fsp3) is 0.231. The summed E-state index contributed by atoms with van der Waals surface area (Å²) in [6, 6.07) is 12.2. The van der Waals surface area contributed by atoms with E-state index in [0.717, 1.165) is 34.4 Å². The van der Waals surface area contributed by atoms with E-state index in [0.29, 0.717) is 33.5 Å². The molecule has 0 aliphatic heterocycles. The zero-order chi connectivity index (χ0) is 25.3. The average Bonchev–Trinajstić information content (AvgIpc) is 3.15. The van der Waals surface area contributed by atoms with E-state index in [1.165, 1.54) is 10.5 Å². The lowest BCUT2D eigenvalue weighted by atomic mass is 10.1. The Labute approximate surface area is 211 Å². The Kier molecular flexibility index (Phi) is 7.05. The number of aromatic nitrogens is 2. The van der Waals surface area contributed by atoms with E-state index in [1.807, 2.05) is 45.9 Å². The van der Waals surface area contributed by atoms with Crippen LogP contribution in [0.4, 0.5) is 11.4 Å². The molecule has 7 nitrogen and oxygen atoms in total. The third-order valence-corrected chi connectivity index (χ3v) is 6.69. The summed E-state index contributed by atoms with van der Waals surface area (Å²) < 4.78 is 1.21. The highest BCUT2D eigenvalue weighted by Crippen LogP contribution is 2.26. The molecular formula is C26H25ClN4O3S. The number of aryl methyl sites for hydroxylation is 4. The van der Waals surface area contributed by atoms with Crippen molar-refractivity contribution in [2.45, 2.75) is 40.5 Å². The van der Waals surface area contributed by atoms with Crippen molar-refractivity contribution in [3.63, 3.8) is 0 Å². The Hall–Kier alpha value is -3.49. The smallest absolute Gasteiger partial charge is 0.274 e. The van der Waals surface area contributed by atoms with Gasteiger partial charge in [0.2, 0.25) is 0 Å². The van der Waals surface area contributed by atoms with Gasteiger partial charge in [-0.15, -0.1) is 0 Å². The standard InChI is InChI=1S/C26H25ClN4O3S/c1-5-6-18-13-21(32)31-22(24(33)28-19-10-14(2)9-15(3)11-19)23(35-26(31)29-18)25(34)30-20-8-7-17(27)12-16(20)4/h7-13H,5-6H2,1-4H3,(H,28,33)(H,30,34). The maximum Gasteiger partial charge on any atom is 0.274 e. The van der Waals surface area contributed by atoms with Crippen LogP contribution >= 0.6 is 22.9 Å². The molecule has 180 valence electrons. The molecule has 2 heterocycles. The maximum absolute atomic E-state index is 13.5. The number of rotatable bonds is 6. The van der Waals surface area contributed by atoms with Crippen LogP contribution in [0.15, 0.2) is 47.3 Å². The fourth-order valence-electron chi connectivity index (χ4n) is 3.95. The van der Waals surface area contributed by atoms with Crippen molar-refractivity contribution in [3.05, 3.63) is 90.8 Å². The lowest BCUT2D eigenvalue weighted by Crippen LogP contribution is -2.25. The minimum atomic E-state index is -0.564. The first-order valence-corrected chi connectivity index (χ1v) is 12.4. The van der Waals surface area contributed by atoms with Crippen LogP contribution in [0, 0.1) is 20.8 Å². The molecule has 0 aliphatic rings. The maximum atomic E-state index is 13.5. The third kappa shape index (κ3) is 5.28. The second kappa shape index (κ2) is 10.0. The molecule has 0 fully saturated rings. The van der Waals surface area contributed by atoms with Crippen molar-refractivity contribution in [3.8, 4) is 0 Å². The normalized spacial score (nSPS) is 11.0. The number of halogens is 1. The summed E-state index contributed by atoms with van der Waals surface area (Å²) in [4.78, 5) is 44.8. The number of benzene rings is 2. The molecule has 0 saturated carbocycles. The number of hydrogen-bond donors (Lipinski definition) is 2. The van der Waals surface area contributed by atoms with Crippen LogP contribution < -0.4 is 16.2 Å². The first kappa shape index (κ1) is 24.6. The van der Waals surface area contributed by atoms with Crippen LogP contribution in [-0.2, 0) is 6.42 Å². The number of thiazole rings is 1. The predicted molar refractivity (Wildman–Crippen MR) is 141 cm³/mol. The Morgan fingerprint density at radius 2 is 1.71 bits per heavy atom. The topological polar surface area (TPSA) is 92.6 Å². The van der Waals surface area contributed by atoms with E-state index >= 15 is 0 Å². The van der Waals surface area contributed by atoms with E-state index in [9.17, 15) is 14.4 Å². The van der Waals surface area contributed by atoms with E-state index in [2.05, 4.69) is 15.6 Å². The fourth-order valence-corrected chi connectivity index (χ4v) is 5.22. The number of fused-ring (bicyclic) bond motifs is 1. The Morgan fingerprint density at radius 3 is 2.37 bits per heavy atom.